The van der Waals surface area contributed by atoms with Crippen LogP contribution in [-0.2, 0) is 27.4 Å². The SMILES string of the molecule is COc1ccc(-c2cc(C(F)(F)F)nc(S(=O)(=O)CCCC(=O)Nc3c(C)nn(Cc4ccc(Cl)cc4)c3C)n2)cc1OC. The third-order valence-corrected chi connectivity index (χ3v) is 8.48. The third kappa shape index (κ3) is 7.66. The van der Waals surface area contributed by atoms with Crippen LogP contribution in [0.1, 0.15) is 35.5 Å². The summed E-state index contributed by atoms with van der Waals surface area (Å²) in [5.74, 6) is -0.588. The van der Waals surface area contributed by atoms with Gasteiger partial charge in [0.15, 0.2) is 11.5 Å². The number of sulfone groups is 1. The molecule has 0 saturated carbocycles. The first kappa shape index (κ1) is 32.7. The Balaban J connectivity index is 1.48. The topological polar surface area (TPSA) is 125 Å². The lowest BCUT2D eigenvalue weighted by Gasteiger charge is -2.13. The van der Waals surface area contributed by atoms with Gasteiger partial charge in [0.25, 0.3) is 0 Å². The van der Waals surface area contributed by atoms with E-state index in [1.165, 1.54) is 32.4 Å². The van der Waals surface area contributed by atoms with Crippen molar-refractivity contribution in [3.05, 3.63) is 76.2 Å². The molecule has 0 saturated heterocycles. The highest BCUT2D eigenvalue weighted by atomic mass is 35.5. The van der Waals surface area contributed by atoms with Crippen LogP contribution in [0.15, 0.2) is 53.7 Å². The largest absolute Gasteiger partial charge is 0.493 e. The third-order valence-electron chi connectivity index (χ3n) is 6.66. The molecule has 4 aromatic rings. The summed E-state index contributed by atoms with van der Waals surface area (Å²) >= 11 is 5.95. The van der Waals surface area contributed by atoms with Crippen molar-refractivity contribution in [2.45, 2.75) is 44.6 Å². The van der Waals surface area contributed by atoms with Crippen molar-refractivity contribution < 1.29 is 35.9 Å². The number of alkyl halides is 3. The average Bonchev–Trinajstić information content (AvgIpc) is 3.24. The molecule has 15 heteroatoms. The second-order valence-corrected chi connectivity index (χ2v) is 12.2. The Labute approximate surface area is 257 Å². The summed E-state index contributed by atoms with van der Waals surface area (Å²) in [6, 6.07) is 12.2. The minimum atomic E-state index is -4.94. The molecule has 234 valence electrons. The zero-order valence-corrected chi connectivity index (χ0v) is 25.8. The van der Waals surface area contributed by atoms with Crippen LogP contribution < -0.4 is 14.8 Å². The number of benzene rings is 2. The summed E-state index contributed by atoms with van der Waals surface area (Å²) in [4.78, 5) is 20.0. The molecule has 0 spiro atoms. The molecule has 4 rings (SSSR count). The van der Waals surface area contributed by atoms with E-state index in [1.54, 1.807) is 30.7 Å². The average molecular weight is 652 g/mol. The van der Waals surface area contributed by atoms with Gasteiger partial charge in [-0.2, -0.15) is 18.3 Å². The zero-order chi connectivity index (χ0) is 32.2. The summed E-state index contributed by atoms with van der Waals surface area (Å²) in [5, 5.41) is 6.84. The van der Waals surface area contributed by atoms with Crippen LogP contribution in [0, 0.1) is 13.8 Å². The number of nitrogens with zero attached hydrogens (tertiary/aromatic N) is 4. The molecular formula is C29H29ClF3N5O5S. The normalized spacial score (nSPS) is 11.8. The van der Waals surface area contributed by atoms with Gasteiger partial charge in [-0.05, 0) is 62.2 Å². The molecule has 0 atom stereocenters. The number of carbonyl (C=O) groups excluding carboxylic acids is 1. The Morgan fingerprint density at radius 3 is 2.32 bits per heavy atom. The van der Waals surface area contributed by atoms with E-state index in [1.807, 2.05) is 12.1 Å². The number of ether oxygens (including phenoxy) is 2. The van der Waals surface area contributed by atoms with E-state index in [0.29, 0.717) is 40.5 Å². The fourth-order valence-electron chi connectivity index (χ4n) is 4.36. The summed E-state index contributed by atoms with van der Waals surface area (Å²) < 4.78 is 79.3. The first-order valence-electron chi connectivity index (χ1n) is 13.2. The van der Waals surface area contributed by atoms with Gasteiger partial charge < -0.3 is 14.8 Å². The molecule has 0 aliphatic rings. The number of aryl methyl sites for hydroxylation is 1. The van der Waals surface area contributed by atoms with Gasteiger partial charge in [-0.3, -0.25) is 9.48 Å². The molecule has 0 fully saturated rings. The van der Waals surface area contributed by atoms with Gasteiger partial charge in [0.2, 0.25) is 20.9 Å². The Kier molecular flexibility index (Phi) is 9.84. The van der Waals surface area contributed by atoms with Gasteiger partial charge in [-0.15, -0.1) is 0 Å². The van der Waals surface area contributed by atoms with Gasteiger partial charge in [0, 0.05) is 17.0 Å². The number of halogens is 4. The highest BCUT2D eigenvalue weighted by Crippen LogP contribution is 2.35. The molecule has 0 radical (unpaired) electrons. The van der Waals surface area contributed by atoms with E-state index in [0.717, 1.165) is 5.56 Å². The van der Waals surface area contributed by atoms with Crippen LogP contribution in [0.5, 0.6) is 11.5 Å². The number of hydrogen-bond acceptors (Lipinski definition) is 8. The van der Waals surface area contributed by atoms with Crippen LogP contribution in [0.2, 0.25) is 5.02 Å². The molecule has 44 heavy (non-hydrogen) atoms. The minimum absolute atomic E-state index is 0.161. The van der Waals surface area contributed by atoms with E-state index in [4.69, 9.17) is 21.1 Å². The first-order valence-corrected chi connectivity index (χ1v) is 15.2. The number of methoxy groups -OCH3 is 2. The fourth-order valence-corrected chi connectivity index (χ4v) is 5.67. The molecule has 0 bridgehead atoms. The Morgan fingerprint density at radius 2 is 1.68 bits per heavy atom. The second-order valence-electron chi connectivity index (χ2n) is 9.79. The van der Waals surface area contributed by atoms with Crippen LogP contribution in [0.4, 0.5) is 18.9 Å². The maximum absolute atomic E-state index is 13.7. The highest BCUT2D eigenvalue weighted by Gasteiger charge is 2.35. The van der Waals surface area contributed by atoms with E-state index < -0.39 is 38.5 Å². The van der Waals surface area contributed by atoms with Crippen LogP contribution in [0.25, 0.3) is 11.3 Å². The van der Waals surface area contributed by atoms with Crippen molar-refractivity contribution in [3.63, 3.8) is 0 Å². The minimum Gasteiger partial charge on any atom is -0.493 e. The van der Waals surface area contributed by atoms with Gasteiger partial charge >= 0.3 is 6.18 Å². The van der Waals surface area contributed by atoms with Crippen molar-refractivity contribution in [2.24, 2.45) is 0 Å². The number of carbonyl (C=O) groups is 1. The van der Waals surface area contributed by atoms with Gasteiger partial charge in [-0.25, -0.2) is 18.4 Å². The monoisotopic (exact) mass is 651 g/mol. The number of anilines is 1. The maximum Gasteiger partial charge on any atom is 0.433 e. The number of aromatic nitrogens is 4. The molecule has 10 nitrogen and oxygen atoms in total. The quantitative estimate of drug-likeness (QED) is 0.199. The van der Waals surface area contributed by atoms with Crippen LogP contribution in [0.3, 0.4) is 0 Å². The fraction of sp³-hybridized carbons (Fsp3) is 0.310. The summed E-state index contributed by atoms with van der Waals surface area (Å²) in [7, 11) is -1.66. The summed E-state index contributed by atoms with van der Waals surface area (Å²) in [6.07, 6.45) is -5.34. The number of nitrogens with one attached hydrogen (secondary N) is 1. The maximum atomic E-state index is 13.7. The predicted octanol–water partition coefficient (Wildman–Crippen LogP) is 5.89. The molecule has 0 unspecified atom stereocenters. The van der Waals surface area contributed by atoms with Crippen LogP contribution in [-0.4, -0.2) is 54.0 Å². The Morgan fingerprint density at radius 1 is 1.00 bits per heavy atom. The first-order chi connectivity index (χ1) is 20.7. The van der Waals surface area contributed by atoms with E-state index >= 15 is 0 Å². The smallest absolute Gasteiger partial charge is 0.433 e. The highest BCUT2D eigenvalue weighted by molar-refractivity contribution is 7.91. The molecular weight excluding hydrogens is 623 g/mol. The molecule has 1 N–H and O–H groups in total. The lowest BCUT2D eigenvalue weighted by Crippen LogP contribution is -2.18. The van der Waals surface area contributed by atoms with E-state index in [9.17, 15) is 26.4 Å². The summed E-state index contributed by atoms with van der Waals surface area (Å²) in [5.41, 5.74) is 1.17. The lowest BCUT2D eigenvalue weighted by molar-refractivity contribution is -0.141. The number of rotatable bonds is 11. The van der Waals surface area contributed by atoms with Crippen molar-refractivity contribution >= 4 is 33.0 Å². The molecule has 2 aromatic carbocycles. The molecule has 2 heterocycles. The van der Waals surface area contributed by atoms with Crippen LogP contribution >= 0.6 is 11.6 Å². The van der Waals surface area contributed by atoms with Crippen molar-refractivity contribution in [2.75, 3.05) is 25.3 Å². The zero-order valence-electron chi connectivity index (χ0n) is 24.2. The van der Waals surface area contributed by atoms with Gasteiger partial charge in [0.1, 0.15) is 5.69 Å². The number of hydrogen-bond donors (Lipinski definition) is 1. The Bertz CT molecular complexity index is 1780. The lowest BCUT2D eigenvalue weighted by atomic mass is 10.1. The van der Waals surface area contributed by atoms with Gasteiger partial charge in [-0.1, -0.05) is 23.7 Å². The van der Waals surface area contributed by atoms with Crippen molar-refractivity contribution in [3.8, 4) is 22.8 Å². The molecule has 2 aromatic heterocycles. The summed E-state index contributed by atoms with van der Waals surface area (Å²) in [6.45, 7) is 3.96. The second kappa shape index (κ2) is 13.2. The van der Waals surface area contributed by atoms with E-state index in [-0.39, 0.29) is 29.8 Å². The van der Waals surface area contributed by atoms with Crippen molar-refractivity contribution in [1.82, 2.24) is 19.7 Å². The molecule has 0 aliphatic heterocycles. The van der Waals surface area contributed by atoms with E-state index in [2.05, 4.69) is 20.4 Å². The molecule has 1 amide bonds. The van der Waals surface area contributed by atoms with Crippen molar-refractivity contribution in [1.29, 1.82) is 0 Å². The standard InChI is InChI=1S/C29H29ClF3N5O5S/c1-17-27(18(2)38(37-17)16-19-7-10-21(30)11-8-19)36-26(39)6-5-13-44(40,41)28-34-22(15-25(35-28)29(31,32)33)20-9-12-23(42-3)24(14-20)43-4/h7-12,14-15H,5-6,13,16H2,1-4H3,(H,36,39). The predicted molar refractivity (Wildman–Crippen MR) is 158 cm³/mol. The van der Waals surface area contributed by atoms with Gasteiger partial charge in [0.05, 0.1) is 49.3 Å². The Hall–Kier alpha value is -4.17. The number of amides is 1. The molecule has 0 aliphatic carbocycles.